The van der Waals surface area contributed by atoms with E-state index in [1.807, 2.05) is 119 Å². The third-order valence-electron chi connectivity index (χ3n) is 13.7. The number of halogens is 2. The van der Waals surface area contributed by atoms with Crippen LogP contribution in [0.15, 0.2) is 119 Å². The van der Waals surface area contributed by atoms with Crippen molar-refractivity contribution in [2.24, 2.45) is 45.7 Å². The summed E-state index contributed by atoms with van der Waals surface area (Å²) >= 11 is 13.4. The first-order valence-corrected chi connectivity index (χ1v) is 20.4. The molecule has 4 aromatic rings. The molecule has 14 heteroatoms. The molecule has 8 heterocycles. The van der Waals surface area contributed by atoms with Gasteiger partial charge in [0.1, 0.15) is 0 Å². The molecule has 6 saturated heterocycles. The van der Waals surface area contributed by atoms with Gasteiger partial charge in [-0.2, -0.15) is 10.2 Å². The van der Waals surface area contributed by atoms with Crippen LogP contribution in [0.3, 0.4) is 0 Å². The Kier molecular flexibility index (Phi) is 7.49. The summed E-state index contributed by atoms with van der Waals surface area (Å²) in [6.45, 7) is -0.203. The Labute approximate surface area is 342 Å². The van der Waals surface area contributed by atoms with Crippen molar-refractivity contribution in [2.45, 2.75) is 36.5 Å². The third kappa shape index (κ3) is 4.54. The minimum atomic E-state index is -0.721. The fraction of sp³-hybridized carbons (Fsp3) is 0.318. The van der Waals surface area contributed by atoms with Crippen LogP contribution < -0.4 is 10.0 Å². The number of amides is 4. The molecule has 8 aliphatic heterocycles. The van der Waals surface area contributed by atoms with Crippen molar-refractivity contribution in [1.29, 1.82) is 0 Å². The smallest absolute Gasteiger partial charge is 0.235 e. The largest absolute Gasteiger partial charge is 0.370 e. The summed E-state index contributed by atoms with van der Waals surface area (Å²) in [6, 6.07) is 33.7. The van der Waals surface area contributed by atoms with E-state index in [1.54, 1.807) is 0 Å². The number of imide groups is 2. The van der Waals surface area contributed by atoms with E-state index in [2.05, 4.69) is 0 Å². The molecule has 0 N–H and O–H groups in total. The van der Waals surface area contributed by atoms with Crippen LogP contribution >= 0.6 is 23.2 Å². The summed E-state index contributed by atoms with van der Waals surface area (Å²) in [5, 5.41) is 15.0. The lowest BCUT2D eigenvalue weighted by Gasteiger charge is -2.32. The van der Waals surface area contributed by atoms with E-state index >= 15 is 0 Å². The number of likely N-dealkylation sites (tertiary alicyclic amines) is 2. The van der Waals surface area contributed by atoms with Crippen LogP contribution in [-0.4, -0.2) is 94.4 Å². The van der Waals surface area contributed by atoms with Gasteiger partial charge in [0, 0.05) is 34.3 Å². The van der Waals surface area contributed by atoms with Gasteiger partial charge in [-0.05, 0) is 36.4 Å². The second kappa shape index (κ2) is 12.6. The molecule has 290 valence electrons. The standard InChI is InChI=1S/C44H34Cl2N6O6/c45-25-17-9-7-15-23(25)33-31-35(51(47-33)21-11-3-1-4-12-21)39-29-27(37(31)57-39)41(53)49(43(29)55)19-20-50-42(54)28-30(44(50)56)40-36-32(38(28)58-40)34(24-16-8-10-18-26(24)46)48-52(36)22-13-5-2-6-14-22/h1-18,27-32,35-40H,19-20H2/t27-,28-,29+,30+,31+,32+,35-,36-,37-,38-,39+,40+/m0/s1. The first kappa shape index (κ1) is 34.6. The number of benzene rings is 4. The zero-order valence-electron chi connectivity index (χ0n) is 30.6. The minimum Gasteiger partial charge on any atom is -0.370 e. The van der Waals surface area contributed by atoms with Crippen molar-refractivity contribution in [1.82, 2.24) is 9.80 Å². The third-order valence-corrected chi connectivity index (χ3v) is 14.3. The molecule has 12 rings (SSSR count). The number of para-hydroxylation sites is 2. The highest BCUT2D eigenvalue weighted by molar-refractivity contribution is 6.35. The van der Waals surface area contributed by atoms with Gasteiger partial charge in [-0.15, -0.1) is 0 Å². The molecular weight excluding hydrogens is 779 g/mol. The van der Waals surface area contributed by atoms with Crippen molar-refractivity contribution in [3.8, 4) is 0 Å². The average Bonchev–Trinajstić information content (AvgIpc) is 4.12. The van der Waals surface area contributed by atoms with Crippen LogP contribution in [0.2, 0.25) is 10.0 Å². The normalized spacial score (nSPS) is 34.9. The van der Waals surface area contributed by atoms with Gasteiger partial charge in [0.25, 0.3) is 0 Å². The quantitative estimate of drug-likeness (QED) is 0.242. The number of hydrazone groups is 2. The molecule has 12 nitrogen and oxygen atoms in total. The first-order chi connectivity index (χ1) is 28.3. The Morgan fingerprint density at radius 2 is 0.793 bits per heavy atom. The predicted molar refractivity (Wildman–Crippen MR) is 213 cm³/mol. The number of rotatable bonds is 7. The zero-order valence-corrected chi connectivity index (χ0v) is 32.1. The maximum atomic E-state index is 14.3. The second-order valence-corrected chi connectivity index (χ2v) is 17.0. The molecule has 0 unspecified atom stereocenters. The molecule has 0 aliphatic carbocycles. The molecule has 4 bridgehead atoms. The van der Waals surface area contributed by atoms with Crippen molar-refractivity contribution in [3.05, 3.63) is 130 Å². The highest BCUT2D eigenvalue weighted by Gasteiger charge is 2.74. The fourth-order valence-electron chi connectivity index (χ4n) is 11.4. The van der Waals surface area contributed by atoms with Gasteiger partial charge in [0.15, 0.2) is 0 Å². The number of hydrogen-bond acceptors (Lipinski definition) is 10. The Morgan fingerprint density at radius 1 is 0.448 bits per heavy atom. The molecular formula is C44H34Cl2N6O6. The molecule has 4 aromatic carbocycles. The van der Waals surface area contributed by atoms with Crippen LogP contribution in [0.5, 0.6) is 0 Å². The summed E-state index contributed by atoms with van der Waals surface area (Å²) < 4.78 is 13.1. The first-order valence-electron chi connectivity index (χ1n) is 19.7. The van der Waals surface area contributed by atoms with E-state index in [0.29, 0.717) is 10.0 Å². The summed E-state index contributed by atoms with van der Waals surface area (Å²) in [7, 11) is 0. The Balaban J connectivity index is 0.814. The van der Waals surface area contributed by atoms with Crippen LogP contribution in [0.25, 0.3) is 0 Å². The van der Waals surface area contributed by atoms with Crippen LogP contribution in [-0.2, 0) is 28.7 Å². The number of nitrogens with zero attached hydrogens (tertiary/aromatic N) is 6. The maximum absolute atomic E-state index is 14.3. The molecule has 58 heavy (non-hydrogen) atoms. The number of hydrogen-bond donors (Lipinski definition) is 0. The van der Waals surface area contributed by atoms with Gasteiger partial charge < -0.3 is 9.47 Å². The molecule has 8 aliphatic rings. The number of fused-ring (bicyclic) bond motifs is 16. The summed E-state index contributed by atoms with van der Waals surface area (Å²) in [5.41, 5.74) is 4.65. The lowest BCUT2D eigenvalue weighted by molar-refractivity contribution is -0.148. The molecule has 0 aromatic heterocycles. The van der Waals surface area contributed by atoms with Crippen LogP contribution in [0.1, 0.15) is 11.1 Å². The summed E-state index contributed by atoms with van der Waals surface area (Å²) in [4.78, 5) is 59.8. The number of ether oxygens (including phenoxy) is 2. The van der Waals surface area contributed by atoms with Crippen molar-refractivity contribution in [3.63, 3.8) is 0 Å². The molecule has 4 amide bonds. The van der Waals surface area contributed by atoms with Crippen molar-refractivity contribution >= 4 is 69.6 Å². The fourth-order valence-corrected chi connectivity index (χ4v) is 11.9. The van der Waals surface area contributed by atoms with E-state index in [4.69, 9.17) is 42.9 Å². The number of carbonyl (C=O) groups is 4. The molecule has 0 saturated carbocycles. The second-order valence-electron chi connectivity index (χ2n) is 16.2. The lowest BCUT2D eigenvalue weighted by Crippen LogP contribution is -2.50. The van der Waals surface area contributed by atoms with Gasteiger partial charge in [-0.3, -0.25) is 39.0 Å². The van der Waals surface area contributed by atoms with Gasteiger partial charge in [-0.1, -0.05) is 96.0 Å². The number of anilines is 2. The average molecular weight is 814 g/mol. The predicted octanol–water partition coefficient (Wildman–Crippen LogP) is 4.88. The molecule has 6 fully saturated rings. The number of carbonyl (C=O) groups excluding carboxylic acids is 4. The van der Waals surface area contributed by atoms with Gasteiger partial charge in [-0.25, -0.2) is 0 Å². The summed E-state index contributed by atoms with van der Waals surface area (Å²) in [5.74, 6) is -4.91. The molecule has 0 radical (unpaired) electrons. The van der Waals surface area contributed by atoms with Gasteiger partial charge >= 0.3 is 0 Å². The van der Waals surface area contributed by atoms with Gasteiger partial charge in [0.2, 0.25) is 23.6 Å². The molecule has 12 atom stereocenters. The van der Waals surface area contributed by atoms with Gasteiger partial charge in [0.05, 0.1) is 94.8 Å². The Hall–Kier alpha value is -5.40. The zero-order chi connectivity index (χ0) is 39.1. The summed E-state index contributed by atoms with van der Waals surface area (Å²) in [6.07, 6.45) is -2.41. The maximum Gasteiger partial charge on any atom is 0.235 e. The highest BCUT2D eigenvalue weighted by atomic mass is 35.5. The SMILES string of the molecule is O=C1[C@@H]2[C@@H]3O[C@H]([C@@H]2C(=O)N1CCN1C(=O)[C@@H]2[C@@H]4O[C@H]([C@@H]2C1=O)[C@@H]1[C@H]4C(c2ccccc2Cl)=NN1c1ccccc1)[C@@H]1[C@H]3C(c2ccccc2Cl)=NN1c1ccccc1. The van der Waals surface area contributed by atoms with Crippen molar-refractivity contribution in [2.75, 3.05) is 23.1 Å². The Bertz CT molecular complexity index is 2350. The monoisotopic (exact) mass is 812 g/mol. The van der Waals surface area contributed by atoms with Crippen LogP contribution in [0, 0.1) is 35.5 Å². The Morgan fingerprint density at radius 3 is 1.17 bits per heavy atom. The van der Waals surface area contributed by atoms with E-state index in [0.717, 1.165) is 33.9 Å². The molecule has 0 spiro atoms. The van der Waals surface area contributed by atoms with E-state index in [-0.39, 0.29) is 60.6 Å². The lowest BCUT2D eigenvalue weighted by atomic mass is 9.70. The van der Waals surface area contributed by atoms with E-state index in [9.17, 15) is 19.2 Å². The van der Waals surface area contributed by atoms with E-state index < -0.39 is 48.1 Å². The van der Waals surface area contributed by atoms with E-state index in [1.165, 1.54) is 9.80 Å². The topological polar surface area (TPSA) is 124 Å². The highest BCUT2D eigenvalue weighted by Crippen LogP contribution is 2.58. The van der Waals surface area contributed by atoms with Crippen molar-refractivity contribution < 1.29 is 28.7 Å². The minimum absolute atomic E-state index is 0.101. The van der Waals surface area contributed by atoms with Crippen LogP contribution in [0.4, 0.5) is 11.4 Å².